The monoisotopic (exact) mass is 251 g/mol. The zero-order chi connectivity index (χ0) is 12.9. The molecule has 0 radical (unpaired) electrons. The molecule has 1 rings (SSSR count). The highest BCUT2D eigenvalue weighted by Crippen LogP contribution is 2.18. The molecule has 0 aliphatic carbocycles. The van der Waals surface area contributed by atoms with Gasteiger partial charge in [-0.1, -0.05) is 44.2 Å². The van der Waals surface area contributed by atoms with Gasteiger partial charge < -0.3 is 0 Å². The van der Waals surface area contributed by atoms with Gasteiger partial charge in [-0.25, -0.2) is 8.42 Å². The molecule has 0 aliphatic rings. The summed E-state index contributed by atoms with van der Waals surface area (Å²) in [5.74, 6) is -0.431. The second kappa shape index (κ2) is 5.83. The molecular weight excluding hydrogens is 234 g/mol. The lowest BCUT2D eigenvalue weighted by atomic mass is 10.0. The third-order valence-electron chi connectivity index (χ3n) is 2.37. The van der Waals surface area contributed by atoms with Crippen LogP contribution in [0.5, 0.6) is 0 Å². The fourth-order valence-corrected chi connectivity index (χ4v) is 3.65. The number of nitrogens with zero attached hydrogens (tertiary/aromatic N) is 1. The Morgan fingerprint density at radius 2 is 1.76 bits per heavy atom. The summed E-state index contributed by atoms with van der Waals surface area (Å²) in [5, 5.41) is 9.06. The van der Waals surface area contributed by atoms with Crippen molar-refractivity contribution in [2.45, 2.75) is 19.8 Å². The zero-order valence-corrected chi connectivity index (χ0v) is 10.9. The van der Waals surface area contributed by atoms with E-state index in [2.05, 4.69) is 6.07 Å². The molecule has 0 saturated heterocycles. The molecule has 17 heavy (non-hydrogen) atoms. The molecule has 0 aromatic heterocycles. The summed E-state index contributed by atoms with van der Waals surface area (Å²) in [6.45, 7) is 3.73. The van der Waals surface area contributed by atoms with Crippen molar-refractivity contribution < 1.29 is 8.42 Å². The van der Waals surface area contributed by atoms with Gasteiger partial charge in [-0.05, 0) is 11.5 Å². The molecule has 1 atom stereocenters. The van der Waals surface area contributed by atoms with E-state index < -0.39 is 15.8 Å². The van der Waals surface area contributed by atoms with Crippen LogP contribution in [0.15, 0.2) is 30.3 Å². The maximum absolute atomic E-state index is 11.8. The van der Waals surface area contributed by atoms with Crippen molar-refractivity contribution in [1.29, 1.82) is 5.26 Å². The Balaban J connectivity index is 2.83. The van der Waals surface area contributed by atoms with Crippen molar-refractivity contribution in [2.24, 2.45) is 5.92 Å². The summed E-state index contributed by atoms with van der Waals surface area (Å²) in [7, 11) is -3.16. The molecule has 0 bridgehead atoms. The summed E-state index contributed by atoms with van der Waals surface area (Å²) in [6, 6.07) is 11.1. The molecule has 0 heterocycles. The lowest BCUT2D eigenvalue weighted by Crippen LogP contribution is -2.19. The van der Waals surface area contributed by atoms with Crippen LogP contribution in [0.1, 0.15) is 25.3 Å². The van der Waals surface area contributed by atoms with Crippen LogP contribution in [0.3, 0.4) is 0 Å². The number of hydrogen-bond donors (Lipinski definition) is 0. The predicted molar refractivity (Wildman–Crippen MR) is 68.3 cm³/mol. The minimum absolute atomic E-state index is 0.0916. The average molecular weight is 251 g/mol. The summed E-state index contributed by atoms with van der Waals surface area (Å²) in [5.41, 5.74) is 0.766. The van der Waals surface area contributed by atoms with Crippen molar-refractivity contribution in [2.75, 3.05) is 11.5 Å². The third kappa shape index (κ3) is 4.58. The fraction of sp³-hybridized carbons (Fsp3) is 0.462. The Hall–Kier alpha value is -1.34. The summed E-state index contributed by atoms with van der Waals surface area (Å²) in [6.07, 6.45) is 0. The Morgan fingerprint density at radius 1 is 1.18 bits per heavy atom. The maximum atomic E-state index is 11.8. The van der Waals surface area contributed by atoms with E-state index in [9.17, 15) is 8.42 Å². The molecule has 1 aromatic carbocycles. The van der Waals surface area contributed by atoms with Crippen molar-refractivity contribution in [3.05, 3.63) is 35.9 Å². The number of hydrogen-bond acceptors (Lipinski definition) is 3. The molecule has 0 fully saturated rings. The van der Waals surface area contributed by atoms with Gasteiger partial charge in [0.05, 0.1) is 23.5 Å². The van der Waals surface area contributed by atoms with Crippen molar-refractivity contribution >= 4 is 9.84 Å². The molecule has 1 unspecified atom stereocenters. The first kappa shape index (κ1) is 13.7. The SMILES string of the molecule is CC(C)CS(=O)(=O)CC(C#N)c1ccccc1. The highest BCUT2D eigenvalue weighted by Gasteiger charge is 2.21. The quantitative estimate of drug-likeness (QED) is 0.807. The van der Waals surface area contributed by atoms with Gasteiger partial charge in [0.1, 0.15) is 0 Å². The minimum atomic E-state index is -3.16. The van der Waals surface area contributed by atoms with Crippen LogP contribution in [0.4, 0.5) is 0 Å². The number of sulfone groups is 1. The van der Waals surface area contributed by atoms with Crippen LogP contribution < -0.4 is 0 Å². The van der Waals surface area contributed by atoms with Crippen LogP contribution in [0, 0.1) is 17.2 Å². The highest BCUT2D eigenvalue weighted by atomic mass is 32.2. The molecule has 0 N–H and O–H groups in total. The lowest BCUT2D eigenvalue weighted by molar-refractivity contribution is 0.579. The first-order valence-corrected chi connectivity index (χ1v) is 7.41. The van der Waals surface area contributed by atoms with E-state index in [1.165, 1.54) is 0 Å². The lowest BCUT2D eigenvalue weighted by Gasteiger charge is -2.11. The first-order valence-electron chi connectivity index (χ1n) is 5.59. The van der Waals surface area contributed by atoms with Gasteiger partial charge in [-0.15, -0.1) is 0 Å². The molecule has 92 valence electrons. The van der Waals surface area contributed by atoms with Crippen molar-refractivity contribution in [1.82, 2.24) is 0 Å². The van der Waals surface area contributed by atoms with Crippen LogP contribution in [-0.4, -0.2) is 19.9 Å². The van der Waals surface area contributed by atoms with Crippen LogP contribution >= 0.6 is 0 Å². The number of rotatable bonds is 5. The Bertz CT molecular complexity index is 486. The summed E-state index contributed by atoms with van der Waals surface area (Å²) >= 11 is 0. The average Bonchev–Trinajstić information content (AvgIpc) is 2.25. The van der Waals surface area contributed by atoms with E-state index >= 15 is 0 Å². The second-order valence-corrected chi connectivity index (χ2v) is 6.72. The van der Waals surface area contributed by atoms with Crippen molar-refractivity contribution in [3.8, 4) is 6.07 Å². The predicted octanol–water partition coefficient (Wildman–Crippen LogP) is 2.36. The van der Waals surface area contributed by atoms with Gasteiger partial charge >= 0.3 is 0 Å². The maximum Gasteiger partial charge on any atom is 0.152 e. The van der Waals surface area contributed by atoms with E-state index in [1.807, 2.05) is 32.0 Å². The molecule has 0 spiro atoms. The largest absolute Gasteiger partial charge is 0.229 e. The smallest absolute Gasteiger partial charge is 0.152 e. The normalized spacial score (nSPS) is 13.3. The van der Waals surface area contributed by atoms with Gasteiger partial charge in [-0.2, -0.15) is 5.26 Å². The van der Waals surface area contributed by atoms with E-state index in [1.54, 1.807) is 12.1 Å². The zero-order valence-electron chi connectivity index (χ0n) is 10.1. The Kier molecular flexibility index (Phi) is 4.71. The van der Waals surface area contributed by atoms with Crippen LogP contribution in [0.25, 0.3) is 0 Å². The first-order chi connectivity index (χ1) is 7.94. The van der Waals surface area contributed by atoms with Gasteiger partial charge in [0, 0.05) is 0 Å². The molecular formula is C13H17NO2S. The topological polar surface area (TPSA) is 57.9 Å². The number of benzene rings is 1. The standard InChI is InChI=1S/C13H17NO2S/c1-11(2)9-17(15,16)10-13(8-14)12-6-4-3-5-7-12/h3-7,11,13H,9-10H2,1-2H3. The summed E-state index contributed by atoms with van der Waals surface area (Å²) in [4.78, 5) is 0. The Morgan fingerprint density at radius 3 is 2.24 bits per heavy atom. The molecule has 4 heteroatoms. The molecule has 3 nitrogen and oxygen atoms in total. The summed E-state index contributed by atoms with van der Waals surface area (Å²) < 4.78 is 23.7. The van der Waals surface area contributed by atoms with Gasteiger partial charge in [0.15, 0.2) is 9.84 Å². The van der Waals surface area contributed by atoms with E-state index in [0.717, 1.165) is 5.56 Å². The fourth-order valence-electron chi connectivity index (χ4n) is 1.72. The minimum Gasteiger partial charge on any atom is -0.229 e. The van der Waals surface area contributed by atoms with Gasteiger partial charge in [0.25, 0.3) is 0 Å². The molecule has 0 amide bonds. The molecule has 0 saturated carbocycles. The van der Waals surface area contributed by atoms with Gasteiger partial charge in [-0.3, -0.25) is 0 Å². The Labute approximate surface area is 103 Å². The van der Waals surface area contributed by atoms with Crippen LogP contribution in [0.2, 0.25) is 0 Å². The van der Waals surface area contributed by atoms with E-state index in [4.69, 9.17) is 5.26 Å². The molecule has 0 aliphatic heterocycles. The third-order valence-corrected chi connectivity index (χ3v) is 4.38. The van der Waals surface area contributed by atoms with E-state index in [0.29, 0.717) is 0 Å². The molecule has 1 aromatic rings. The highest BCUT2D eigenvalue weighted by molar-refractivity contribution is 7.91. The second-order valence-electron chi connectivity index (χ2n) is 4.56. The van der Waals surface area contributed by atoms with Crippen LogP contribution in [-0.2, 0) is 9.84 Å². The number of nitriles is 1. The van der Waals surface area contributed by atoms with Crippen molar-refractivity contribution in [3.63, 3.8) is 0 Å². The van der Waals surface area contributed by atoms with E-state index in [-0.39, 0.29) is 17.4 Å². The van der Waals surface area contributed by atoms with Gasteiger partial charge in [0.2, 0.25) is 0 Å².